The number of carboxylic acids is 1. The molecular formula is C25H30FNaO6S. The molecule has 0 radical (unpaired) electrons. The third-order valence-electron chi connectivity index (χ3n) is 5.25. The fourth-order valence-electron chi connectivity index (χ4n) is 3.47. The molecule has 2 unspecified atom stereocenters. The van der Waals surface area contributed by atoms with Crippen molar-refractivity contribution >= 4 is 23.5 Å². The van der Waals surface area contributed by atoms with E-state index in [1.54, 1.807) is 31.2 Å². The normalized spacial score (nSPS) is 12.5. The molecule has 0 bridgehead atoms. The predicted octanol–water partition coefficient (Wildman–Crippen LogP) is 1.06. The second kappa shape index (κ2) is 14.7. The molecule has 34 heavy (non-hydrogen) atoms. The first-order valence-electron chi connectivity index (χ1n) is 10.9. The Morgan fingerprint density at radius 3 is 2.53 bits per heavy atom. The van der Waals surface area contributed by atoms with E-state index >= 15 is 0 Å². The first kappa shape index (κ1) is 30.5. The number of carboxylic acid groups (broad SMARTS) is 1. The number of ketones is 1. The topological polar surface area (TPSA) is 107 Å². The van der Waals surface area contributed by atoms with Gasteiger partial charge in [-0.2, -0.15) is 0 Å². The quantitative estimate of drug-likeness (QED) is 0.183. The number of aliphatic carboxylic acids is 1. The second-order valence-corrected chi connectivity index (χ2v) is 9.12. The van der Waals surface area contributed by atoms with E-state index in [0.717, 1.165) is 6.42 Å². The molecule has 2 aromatic carbocycles. The minimum atomic E-state index is -1.26. The molecule has 2 N–H and O–H groups in total. The van der Waals surface area contributed by atoms with Crippen LogP contribution in [0, 0.1) is 11.7 Å². The smallest absolute Gasteiger partial charge is 0.550 e. The molecule has 2 aromatic rings. The van der Waals surface area contributed by atoms with Gasteiger partial charge in [0.2, 0.25) is 0 Å². The summed E-state index contributed by atoms with van der Waals surface area (Å²) in [5, 5.41) is 31.3. The number of aromatic hydroxyl groups is 1. The van der Waals surface area contributed by atoms with E-state index in [1.165, 1.54) is 24.8 Å². The number of rotatable bonds is 13. The summed E-state index contributed by atoms with van der Waals surface area (Å²) >= 11 is 1.31. The molecule has 180 valence electrons. The number of aliphatic hydroxyl groups excluding tert-OH is 1. The number of hydrogen-bond acceptors (Lipinski definition) is 7. The Balaban J connectivity index is 0.00000578. The molecular weight excluding hydrogens is 470 g/mol. The molecule has 0 aliphatic rings. The molecule has 0 aromatic heterocycles. The number of carbonyl (C=O) groups excluding carboxylic acids is 2. The molecule has 0 heterocycles. The number of phenols is 1. The molecule has 0 amide bonds. The average molecular weight is 501 g/mol. The van der Waals surface area contributed by atoms with Gasteiger partial charge < -0.3 is 24.9 Å². The minimum Gasteiger partial charge on any atom is -0.550 e. The van der Waals surface area contributed by atoms with E-state index in [0.29, 0.717) is 47.0 Å². The van der Waals surface area contributed by atoms with E-state index in [-0.39, 0.29) is 53.1 Å². The largest absolute Gasteiger partial charge is 1.00 e. The summed E-state index contributed by atoms with van der Waals surface area (Å²) in [6, 6.07) is 7.64. The van der Waals surface area contributed by atoms with Crippen LogP contribution in [0.5, 0.6) is 11.5 Å². The first-order valence-corrected chi connectivity index (χ1v) is 11.9. The Morgan fingerprint density at radius 1 is 1.24 bits per heavy atom. The summed E-state index contributed by atoms with van der Waals surface area (Å²) in [6.07, 6.45) is 0.596. The number of hydrogen-bond donors (Lipinski definition) is 2. The van der Waals surface area contributed by atoms with Crippen LogP contribution in [0.3, 0.4) is 0 Å². The maximum absolute atomic E-state index is 14.4. The summed E-state index contributed by atoms with van der Waals surface area (Å²) < 4.78 is 20.3. The first-order chi connectivity index (χ1) is 15.6. The number of benzene rings is 2. The number of aliphatic hydroxyl groups is 1. The number of ether oxygens (including phenoxy) is 1. The van der Waals surface area contributed by atoms with Gasteiger partial charge in [-0.1, -0.05) is 26.3 Å². The van der Waals surface area contributed by atoms with E-state index in [2.05, 4.69) is 0 Å². The Morgan fingerprint density at radius 2 is 1.94 bits per heavy atom. The summed E-state index contributed by atoms with van der Waals surface area (Å²) in [7, 11) is 0. The Labute approximate surface area is 226 Å². The predicted molar refractivity (Wildman–Crippen MR) is 123 cm³/mol. The van der Waals surface area contributed by atoms with Gasteiger partial charge in [0.25, 0.3) is 0 Å². The molecule has 0 saturated carbocycles. The molecule has 0 aliphatic carbocycles. The van der Waals surface area contributed by atoms with Crippen molar-refractivity contribution in [3.63, 3.8) is 0 Å². The molecule has 2 rings (SSSR count). The van der Waals surface area contributed by atoms with Gasteiger partial charge in [0.15, 0.2) is 5.78 Å². The average Bonchev–Trinajstić information content (AvgIpc) is 2.75. The van der Waals surface area contributed by atoms with Crippen molar-refractivity contribution in [2.75, 3.05) is 12.4 Å². The van der Waals surface area contributed by atoms with Crippen LogP contribution >= 0.6 is 11.8 Å². The van der Waals surface area contributed by atoms with Crippen LogP contribution in [0.25, 0.3) is 0 Å². The zero-order chi connectivity index (χ0) is 24.5. The molecule has 9 heteroatoms. The molecule has 0 fully saturated rings. The maximum Gasteiger partial charge on any atom is 1.00 e. The van der Waals surface area contributed by atoms with Crippen LogP contribution in [0.1, 0.15) is 67.6 Å². The van der Waals surface area contributed by atoms with Gasteiger partial charge in [-0.05, 0) is 61.9 Å². The Hall–Kier alpha value is -1.58. The van der Waals surface area contributed by atoms with Crippen molar-refractivity contribution in [3.8, 4) is 11.5 Å². The monoisotopic (exact) mass is 500 g/mol. The van der Waals surface area contributed by atoms with Crippen molar-refractivity contribution in [2.45, 2.75) is 57.5 Å². The third kappa shape index (κ3) is 8.57. The summed E-state index contributed by atoms with van der Waals surface area (Å²) in [5.74, 6) is -1.45. The number of halogens is 1. The Kier molecular flexibility index (Phi) is 13.2. The van der Waals surface area contributed by atoms with Gasteiger partial charge >= 0.3 is 29.6 Å². The third-order valence-corrected chi connectivity index (χ3v) is 6.38. The van der Waals surface area contributed by atoms with Crippen molar-refractivity contribution in [3.05, 3.63) is 52.8 Å². The van der Waals surface area contributed by atoms with Crippen molar-refractivity contribution < 1.29 is 63.6 Å². The van der Waals surface area contributed by atoms with Crippen LogP contribution in [0.4, 0.5) is 4.39 Å². The van der Waals surface area contributed by atoms with E-state index in [4.69, 9.17) is 4.74 Å². The van der Waals surface area contributed by atoms with Crippen LogP contribution in [0.2, 0.25) is 0 Å². The summed E-state index contributed by atoms with van der Waals surface area (Å²) in [5.41, 5.74) is 1.22. The number of Topliss-reactive ketones (excluding diaryl/α,β-unsaturated/α-hetero) is 1. The molecule has 0 spiro atoms. The van der Waals surface area contributed by atoms with E-state index < -0.39 is 23.8 Å². The van der Waals surface area contributed by atoms with Gasteiger partial charge in [-0.15, -0.1) is 11.8 Å². The molecule has 0 aliphatic heterocycles. The van der Waals surface area contributed by atoms with Crippen LogP contribution in [-0.4, -0.2) is 34.3 Å². The summed E-state index contributed by atoms with van der Waals surface area (Å²) in [6.45, 7) is 5.31. The zero-order valence-corrected chi connectivity index (χ0v) is 22.9. The SMILES string of the molecule is CCCc1c(OCCCSc2ccc(C(O)C(C)CC(=O)[O-])cc2F)ccc(C(C)=O)c1O.[Na+]. The maximum atomic E-state index is 14.4. The van der Waals surface area contributed by atoms with Gasteiger partial charge in [-0.3, -0.25) is 4.79 Å². The molecule has 2 atom stereocenters. The number of carbonyl (C=O) groups is 2. The van der Waals surface area contributed by atoms with Gasteiger partial charge in [0.05, 0.1) is 18.3 Å². The minimum absolute atomic E-state index is 0. The van der Waals surface area contributed by atoms with E-state index in [9.17, 15) is 29.3 Å². The summed E-state index contributed by atoms with van der Waals surface area (Å²) in [4.78, 5) is 22.8. The second-order valence-electron chi connectivity index (χ2n) is 7.98. The van der Waals surface area contributed by atoms with Crippen molar-refractivity contribution in [1.82, 2.24) is 0 Å². The fraction of sp³-hybridized carbons (Fsp3) is 0.440. The van der Waals surface area contributed by atoms with Gasteiger partial charge in [-0.25, -0.2) is 4.39 Å². The molecule has 0 saturated heterocycles. The zero-order valence-electron chi connectivity index (χ0n) is 20.1. The molecule has 6 nitrogen and oxygen atoms in total. The van der Waals surface area contributed by atoms with Crippen LogP contribution in [0.15, 0.2) is 35.2 Å². The van der Waals surface area contributed by atoms with Crippen molar-refractivity contribution in [1.29, 1.82) is 0 Å². The van der Waals surface area contributed by atoms with Crippen LogP contribution < -0.4 is 39.4 Å². The van der Waals surface area contributed by atoms with Gasteiger partial charge in [0, 0.05) is 22.2 Å². The van der Waals surface area contributed by atoms with E-state index in [1.807, 2.05) is 6.92 Å². The van der Waals surface area contributed by atoms with Gasteiger partial charge in [0.1, 0.15) is 17.3 Å². The Bertz CT molecular complexity index is 984. The standard InChI is InChI=1S/C25H31FO6S.Na/c1-4-6-19-21(9-8-18(16(3)27)25(19)31)32-11-5-12-33-22-10-7-17(14-20(22)26)24(30)15(2)13-23(28)29;/h7-10,14-15,24,30-31H,4-6,11-13H2,1-3H3,(H,28,29);/q;+1/p-1. The fourth-order valence-corrected chi connectivity index (χ4v) is 4.32. The van der Waals surface area contributed by atoms with Crippen molar-refractivity contribution in [2.24, 2.45) is 5.92 Å². The number of phenolic OH excluding ortho intramolecular Hbond substituents is 1. The van der Waals surface area contributed by atoms with Crippen LogP contribution in [-0.2, 0) is 11.2 Å². The number of thioether (sulfide) groups is 1.